The summed E-state index contributed by atoms with van der Waals surface area (Å²) >= 11 is 0. The van der Waals surface area contributed by atoms with Gasteiger partial charge in [0.2, 0.25) is 5.91 Å². The lowest BCUT2D eigenvalue weighted by Crippen LogP contribution is -2.19. The predicted molar refractivity (Wildman–Crippen MR) is 45.3 cm³/mol. The van der Waals surface area contributed by atoms with E-state index in [1.807, 2.05) is 26.8 Å². The van der Waals surface area contributed by atoms with E-state index < -0.39 is 0 Å². The van der Waals surface area contributed by atoms with E-state index in [1.165, 1.54) is 0 Å². The van der Waals surface area contributed by atoms with E-state index >= 15 is 0 Å². The minimum Gasteiger partial charge on any atom is -0.292 e. The van der Waals surface area contributed by atoms with Gasteiger partial charge in [-0.2, -0.15) is 0 Å². The van der Waals surface area contributed by atoms with Gasteiger partial charge in [0.25, 0.3) is 5.91 Å². The lowest BCUT2D eigenvalue weighted by molar-refractivity contribution is -0.124. The van der Waals surface area contributed by atoms with Gasteiger partial charge in [-0.1, -0.05) is 26.8 Å². The zero-order valence-corrected chi connectivity index (χ0v) is 7.60. The average Bonchev–Trinajstić information content (AvgIpc) is 2.06. The summed E-state index contributed by atoms with van der Waals surface area (Å²) in [5.74, 6) is -0.439. The highest BCUT2D eigenvalue weighted by Crippen LogP contribution is 2.21. The van der Waals surface area contributed by atoms with Crippen LogP contribution < -0.4 is 5.32 Å². The van der Waals surface area contributed by atoms with Crippen molar-refractivity contribution in [2.24, 2.45) is 5.41 Å². The van der Waals surface area contributed by atoms with Gasteiger partial charge < -0.3 is 0 Å². The van der Waals surface area contributed by atoms with Crippen LogP contribution in [-0.2, 0) is 9.59 Å². The number of imide groups is 1. The minimum atomic E-state index is -0.241. The molecule has 1 saturated heterocycles. The highest BCUT2D eigenvalue weighted by Gasteiger charge is 2.25. The Labute approximate surface area is 71.8 Å². The summed E-state index contributed by atoms with van der Waals surface area (Å²) in [6.45, 7) is 5.99. The highest BCUT2D eigenvalue weighted by atomic mass is 16.2. The minimum absolute atomic E-state index is 0.0444. The van der Waals surface area contributed by atoms with Crippen LogP contribution in [0.5, 0.6) is 0 Å². The maximum absolute atomic E-state index is 11.1. The third-order valence-electron chi connectivity index (χ3n) is 1.50. The van der Waals surface area contributed by atoms with Gasteiger partial charge >= 0.3 is 0 Å². The van der Waals surface area contributed by atoms with Crippen molar-refractivity contribution in [3.63, 3.8) is 0 Å². The van der Waals surface area contributed by atoms with Crippen LogP contribution in [0.2, 0.25) is 0 Å². The smallest absolute Gasteiger partial charge is 0.253 e. The molecule has 1 heterocycles. The first kappa shape index (κ1) is 8.97. The van der Waals surface area contributed by atoms with Gasteiger partial charge in [0, 0.05) is 5.57 Å². The molecule has 0 unspecified atom stereocenters. The number of hydrogen-bond acceptors (Lipinski definition) is 2. The summed E-state index contributed by atoms with van der Waals surface area (Å²) in [6.07, 6.45) is 2.07. The standard InChI is InChI=1S/C9H13NO2/c1-9(2,3)5-6-4-7(11)10-8(6)12/h5H,4H2,1-3H3,(H,10,11,12). The maximum Gasteiger partial charge on any atom is 0.253 e. The van der Waals surface area contributed by atoms with Crippen molar-refractivity contribution in [3.8, 4) is 0 Å². The lowest BCUT2D eigenvalue weighted by Gasteiger charge is -2.12. The highest BCUT2D eigenvalue weighted by molar-refractivity contribution is 6.13. The molecule has 0 bridgehead atoms. The van der Waals surface area contributed by atoms with Gasteiger partial charge in [0.05, 0.1) is 6.42 Å². The van der Waals surface area contributed by atoms with Crippen molar-refractivity contribution in [2.75, 3.05) is 0 Å². The molecule has 12 heavy (non-hydrogen) atoms. The molecule has 0 atom stereocenters. The fourth-order valence-corrected chi connectivity index (χ4v) is 1.14. The first-order chi connectivity index (χ1) is 5.38. The van der Waals surface area contributed by atoms with Crippen LogP contribution in [0.4, 0.5) is 0 Å². The summed E-state index contributed by atoms with van der Waals surface area (Å²) in [5.41, 5.74) is 0.546. The first-order valence-corrected chi connectivity index (χ1v) is 3.94. The van der Waals surface area contributed by atoms with E-state index in [-0.39, 0.29) is 23.7 Å². The topological polar surface area (TPSA) is 46.2 Å². The Morgan fingerprint density at radius 2 is 1.92 bits per heavy atom. The van der Waals surface area contributed by atoms with Gasteiger partial charge in [-0.3, -0.25) is 14.9 Å². The van der Waals surface area contributed by atoms with Crippen molar-refractivity contribution in [3.05, 3.63) is 11.6 Å². The SMILES string of the molecule is CC(C)(C)C=C1CC(=O)NC1=O. The number of carbonyl (C=O) groups is 2. The third-order valence-corrected chi connectivity index (χ3v) is 1.50. The largest absolute Gasteiger partial charge is 0.292 e. The summed E-state index contributed by atoms with van der Waals surface area (Å²) in [5, 5.41) is 2.24. The molecule has 1 aliphatic heterocycles. The molecule has 0 radical (unpaired) electrons. The zero-order chi connectivity index (χ0) is 9.35. The summed E-state index contributed by atoms with van der Waals surface area (Å²) in [6, 6.07) is 0. The van der Waals surface area contributed by atoms with E-state index in [2.05, 4.69) is 5.32 Å². The Morgan fingerprint density at radius 3 is 2.25 bits per heavy atom. The van der Waals surface area contributed by atoms with E-state index in [0.29, 0.717) is 5.57 Å². The Bertz CT molecular complexity index is 258. The molecule has 2 amide bonds. The number of amides is 2. The van der Waals surface area contributed by atoms with Crippen LogP contribution in [0.15, 0.2) is 11.6 Å². The molecule has 66 valence electrons. The van der Waals surface area contributed by atoms with Crippen molar-refractivity contribution in [2.45, 2.75) is 27.2 Å². The second kappa shape index (κ2) is 2.73. The van der Waals surface area contributed by atoms with Crippen LogP contribution in [0.3, 0.4) is 0 Å². The first-order valence-electron chi connectivity index (χ1n) is 3.94. The van der Waals surface area contributed by atoms with Crippen LogP contribution >= 0.6 is 0 Å². The van der Waals surface area contributed by atoms with Crippen molar-refractivity contribution < 1.29 is 9.59 Å². The fraction of sp³-hybridized carbons (Fsp3) is 0.556. The molecule has 0 aromatic carbocycles. The Balaban J connectivity index is 2.84. The molecular formula is C9H13NO2. The molecule has 0 aliphatic carbocycles. The van der Waals surface area contributed by atoms with Gasteiger partial charge in [-0.15, -0.1) is 0 Å². The quantitative estimate of drug-likeness (QED) is 0.432. The Hall–Kier alpha value is -1.12. The molecule has 1 rings (SSSR count). The van der Waals surface area contributed by atoms with Crippen LogP contribution in [0, 0.1) is 5.41 Å². The fourth-order valence-electron chi connectivity index (χ4n) is 1.14. The van der Waals surface area contributed by atoms with Crippen molar-refractivity contribution >= 4 is 11.8 Å². The van der Waals surface area contributed by atoms with Crippen LogP contribution in [0.1, 0.15) is 27.2 Å². The number of nitrogens with one attached hydrogen (secondary N) is 1. The number of carbonyl (C=O) groups excluding carboxylic acids is 2. The lowest BCUT2D eigenvalue weighted by atomic mass is 9.93. The molecule has 3 nitrogen and oxygen atoms in total. The second-order valence-electron chi connectivity index (χ2n) is 4.09. The predicted octanol–water partition coefficient (Wildman–Crippen LogP) is 1.01. The number of hydrogen-bond donors (Lipinski definition) is 1. The third kappa shape index (κ3) is 2.19. The summed E-state index contributed by atoms with van der Waals surface area (Å²) in [4.78, 5) is 21.8. The van der Waals surface area contributed by atoms with Gasteiger partial charge in [-0.25, -0.2) is 0 Å². The molecule has 0 aromatic rings. The summed E-state index contributed by atoms with van der Waals surface area (Å²) < 4.78 is 0. The summed E-state index contributed by atoms with van der Waals surface area (Å²) in [7, 11) is 0. The van der Waals surface area contributed by atoms with Gasteiger partial charge in [-0.05, 0) is 5.41 Å². The number of allylic oxidation sites excluding steroid dienone is 1. The van der Waals surface area contributed by atoms with E-state index in [0.717, 1.165) is 0 Å². The zero-order valence-electron chi connectivity index (χ0n) is 7.60. The number of rotatable bonds is 0. The van der Waals surface area contributed by atoms with Crippen LogP contribution in [0.25, 0.3) is 0 Å². The second-order valence-corrected chi connectivity index (χ2v) is 4.09. The van der Waals surface area contributed by atoms with E-state index in [4.69, 9.17) is 0 Å². The normalized spacial score (nSPS) is 21.8. The average molecular weight is 167 g/mol. The monoisotopic (exact) mass is 167 g/mol. The molecular weight excluding hydrogens is 154 g/mol. The Morgan fingerprint density at radius 1 is 1.33 bits per heavy atom. The molecule has 1 N–H and O–H groups in total. The maximum atomic E-state index is 11.1. The molecule has 1 aliphatic rings. The molecule has 1 fully saturated rings. The van der Waals surface area contributed by atoms with Crippen molar-refractivity contribution in [1.29, 1.82) is 0 Å². The molecule has 0 aromatic heterocycles. The van der Waals surface area contributed by atoms with Crippen molar-refractivity contribution in [1.82, 2.24) is 5.32 Å². The molecule has 3 heteroatoms. The van der Waals surface area contributed by atoms with Crippen LogP contribution in [-0.4, -0.2) is 11.8 Å². The van der Waals surface area contributed by atoms with Gasteiger partial charge in [0.15, 0.2) is 0 Å². The Kier molecular flexibility index (Phi) is 2.04. The molecule has 0 saturated carbocycles. The molecule has 0 spiro atoms. The van der Waals surface area contributed by atoms with Gasteiger partial charge in [0.1, 0.15) is 0 Å². The van der Waals surface area contributed by atoms with E-state index in [9.17, 15) is 9.59 Å². The van der Waals surface area contributed by atoms with E-state index in [1.54, 1.807) is 0 Å².